The molecule has 0 aliphatic heterocycles. The van der Waals surface area contributed by atoms with Gasteiger partial charge < -0.3 is 13.9 Å². The molecule has 5 nitrogen and oxygen atoms in total. The van der Waals surface area contributed by atoms with E-state index in [1.165, 1.54) is 30.5 Å². The van der Waals surface area contributed by atoms with Crippen molar-refractivity contribution in [3.63, 3.8) is 0 Å². The Morgan fingerprint density at radius 2 is 1.74 bits per heavy atom. The first-order valence-electron chi connectivity index (χ1n) is 7.93. The van der Waals surface area contributed by atoms with Crippen LogP contribution in [0.5, 0.6) is 5.75 Å². The average Bonchev–Trinajstić information content (AvgIpc) is 2.68. The summed E-state index contributed by atoms with van der Waals surface area (Å²) in [6.45, 7) is 0.0462. The number of benzene rings is 2. The van der Waals surface area contributed by atoms with Gasteiger partial charge in [-0.1, -0.05) is 53.5 Å². The second kappa shape index (κ2) is 8.75. The van der Waals surface area contributed by atoms with Crippen molar-refractivity contribution < 1.29 is 18.7 Å². The number of ether oxygens (including phenoxy) is 2. The van der Waals surface area contributed by atoms with Gasteiger partial charge in [-0.2, -0.15) is 0 Å². The summed E-state index contributed by atoms with van der Waals surface area (Å²) in [6.07, 6.45) is 1.20. The molecule has 1 heterocycles. The summed E-state index contributed by atoms with van der Waals surface area (Å²) in [4.78, 5) is 24.1. The molecule has 27 heavy (non-hydrogen) atoms. The van der Waals surface area contributed by atoms with E-state index in [1.807, 2.05) is 30.3 Å². The minimum atomic E-state index is -0.611. The lowest BCUT2D eigenvalue weighted by Crippen LogP contribution is -2.10. The van der Waals surface area contributed by atoms with Crippen molar-refractivity contribution in [2.45, 2.75) is 13.2 Å². The lowest BCUT2D eigenvalue weighted by Gasteiger charge is -2.07. The second-order valence-corrected chi connectivity index (χ2v) is 6.37. The lowest BCUT2D eigenvalue weighted by atomic mass is 10.2. The highest BCUT2D eigenvalue weighted by atomic mass is 35.5. The molecule has 3 rings (SSSR count). The van der Waals surface area contributed by atoms with Gasteiger partial charge in [0.15, 0.2) is 0 Å². The van der Waals surface area contributed by atoms with E-state index in [1.54, 1.807) is 0 Å². The summed E-state index contributed by atoms with van der Waals surface area (Å²) >= 11 is 11.7. The van der Waals surface area contributed by atoms with E-state index in [-0.39, 0.29) is 40.7 Å². The zero-order valence-corrected chi connectivity index (χ0v) is 15.5. The molecule has 7 heteroatoms. The van der Waals surface area contributed by atoms with Crippen LogP contribution in [0.3, 0.4) is 0 Å². The van der Waals surface area contributed by atoms with Crippen molar-refractivity contribution in [2.75, 3.05) is 0 Å². The van der Waals surface area contributed by atoms with E-state index in [0.29, 0.717) is 5.02 Å². The Bertz CT molecular complexity index is 999. The third kappa shape index (κ3) is 5.12. The Kier molecular flexibility index (Phi) is 6.16. The van der Waals surface area contributed by atoms with Crippen LogP contribution in [0.4, 0.5) is 0 Å². The van der Waals surface area contributed by atoms with E-state index >= 15 is 0 Å². The number of halogens is 2. The molecule has 0 saturated carbocycles. The van der Waals surface area contributed by atoms with Gasteiger partial charge in [-0.25, -0.2) is 4.79 Å². The fourth-order valence-corrected chi connectivity index (χ4v) is 2.50. The van der Waals surface area contributed by atoms with Crippen molar-refractivity contribution in [2.24, 2.45) is 0 Å². The summed E-state index contributed by atoms with van der Waals surface area (Å²) in [6, 6.07) is 15.1. The largest absolute Gasteiger partial charge is 0.482 e. The van der Waals surface area contributed by atoms with Crippen LogP contribution in [0, 0.1) is 0 Å². The third-order valence-electron chi connectivity index (χ3n) is 3.59. The summed E-state index contributed by atoms with van der Waals surface area (Å²) < 4.78 is 15.9. The molecule has 2 aromatic carbocycles. The standard InChI is InChI=1S/C20H14Cl2O5/c21-16-7-6-14(8-17(16)22)20(24)27-11-15-9-18(23)19(12-25-15)26-10-13-4-2-1-3-5-13/h1-9,12H,10-11H2. The number of rotatable bonds is 6. The van der Waals surface area contributed by atoms with Crippen LogP contribution in [0.15, 0.2) is 70.1 Å². The van der Waals surface area contributed by atoms with E-state index < -0.39 is 5.97 Å². The maximum atomic E-state index is 12.1. The van der Waals surface area contributed by atoms with Gasteiger partial charge in [0.25, 0.3) is 0 Å². The SMILES string of the molecule is O=C(OCc1cc(=O)c(OCc2ccccc2)co1)c1ccc(Cl)c(Cl)c1. The van der Waals surface area contributed by atoms with Gasteiger partial charge in [0.2, 0.25) is 11.2 Å². The lowest BCUT2D eigenvalue weighted by molar-refractivity contribution is 0.0442. The molecule has 138 valence electrons. The monoisotopic (exact) mass is 404 g/mol. The molecule has 0 bridgehead atoms. The van der Waals surface area contributed by atoms with Crippen LogP contribution >= 0.6 is 23.2 Å². The fraction of sp³-hybridized carbons (Fsp3) is 0.100. The summed E-state index contributed by atoms with van der Waals surface area (Å²) in [5.41, 5.74) is 0.809. The average molecular weight is 405 g/mol. The predicted molar refractivity (Wildman–Crippen MR) is 101 cm³/mol. The maximum Gasteiger partial charge on any atom is 0.338 e. The van der Waals surface area contributed by atoms with Crippen molar-refractivity contribution in [3.8, 4) is 5.75 Å². The van der Waals surface area contributed by atoms with Crippen LogP contribution in [0.2, 0.25) is 10.0 Å². The van der Waals surface area contributed by atoms with Crippen LogP contribution in [0.25, 0.3) is 0 Å². The zero-order chi connectivity index (χ0) is 19.2. The second-order valence-electron chi connectivity index (χ2n) is 5.55. The Hall–Kier alpha value is -2.76. The van der Waals surface area contributed by atoms with Crippen LogP contribution in [0.1, 0.15) is 21.7 Å². The van der Waals surface area contributed by atoms with Crippen LogP contribution in [-0.2, 0) is 18.0 Å². The van der Waals surface area contributed by atoms with Crippen molar-refractivity contribution >= 4 is 29.2 Å². The van der Waals surface area contributed by atoms with Gasteiger partial charge in [-0.15, -0.1) is 0 Å². The number of esters is 1. The molecule has 0 aliphatic carbocycles. The highest BCUT2D eigenvalue weighted by Gasteiger charge is 2.12. The molecular formula is C20H14Cl2O5. The number of hydrogen-bond acceptors (Lipinski definition) is 5. The molecule has 0 N–H and O–H groups in total. The molecule has 0 amide bonds. The minimum Gasteiger partial charge on any atom is -0.482 e. The van der Waals surface area contributed by atoms with Crippen molar-refractivity contribution in [1.82, 2.24) is 0 Å². The summed E-state index contributed by atoms with van der Waals surface area (Å²) in [5, 5.41) is 0.586. The molecule has 0 spiro atoms. The fourth-order valence-electron chi connectivity index (χ4n) is 2.20. The molecule has 1 aromatic heterocycles. The van der Waals surface area contributed by atoms with Crippen LogP contribution in [-0.4, -0.2) is 5.97 Å². The molecule has 0 saturated heterocycles. The first-order valence-corrected chi connectivity index (χ1v) is 8.69. The summed E-state index contributed by atoms with van der Waals surface area (Å²) in [5.74, 6) is -0.334. The molecular weight excluding hydrogens is 391 g/mol. The Morgan fingerprint density at radius 3 is 2.44 bits per heavy atom. The summed E-state index contributed by atoms with van der Waals surface area (Å²) in [7, 11) is 0. The van der Waals surface area contributed by atoms with Gasteiger partial charge in [0.1, 0.15) is 25.2 Å². The highest BCUT2D eigenvalue weighted by molar-refractivity contribution is 6.42. The van der Waals surface area contributed by atoms with Gasteiger partial charge in [0, 0.05) is 6.07 Å². The van der Waals surface area contributed by atoms with Gasteiger partial charge >= 0.3 is 5.97 Å². The Balaban J connectivity index is 1.59. The predicted octanol–water partition coefficient (Wildman–Crippen LogP) is 4.88. The first kappa shape index (κ1) is 19.0. The molecule has 0 unspecified atom stereocenters. The quantitative estimate of drug-likeness (QED) is 0.547. The minimum absolute atomic E-state index is 0.0819. The van der Waals surface area contributed by atoms with E-state index in [0.717, 1.165) is 5.56 Å². The van der Waals surface area contributed by atoms with Crippen molar-refractivity contribution in [1.29, 1.82) is 0 Å². The normalized spacial score (nSPS) is 10.4. The third-order valence-corrected chi connectivity index (χ3v) is 4.33. The van der Waals surface area contributed by atoms with Crippen molar-refractivity contribution in [3.05, 3.63) is 98.0 Å². The number of hydrogen-bond donors (Lipinski definition) is 0. The van der Waals surface area contributed by atoms with E-state index in [2.05, 4.69) is 0 Å². The van der Waals surface area contributed by atoms with Gasteiger partial charge in [0.05, 0.1) is 15.6 Å². The Labute approximate surface area is 165 Å². The van der Waals surface area contributed by atoms with Crippen LogP contribution < -0.4 is 10.2 Å². The first-order chi connectivity index (χ1) is 13.0. The molecule has 0 radical (unpaired) electrons. The molecule has 0 aliphatic rings. The van der Waals surface area contributed by atoms with E-state index in [4.69, 9.17) is 37.1 Å². The molecule has 0 atom stereocenters. The maximum absolute atomic E-state index is 12.1. The Morgan fingerprint density at radius 1 is 0.963 bits per heavy atom. The topological polar surface area (TPSA) is 65.7 Å². The number of carbonyl (C=O) groups is 1. The molecule has 3 aromatic rings. The smallest absolute Gasteiger partial charge is 0.338 e. The number of carbonyl (C=O) groups excluding carboxylic acids is 1. The highest BCUT2D eigenvalue weighted by Crippen LogP contribution is 2.23. The van der Waals surface area contributed by atoms with Gasteiger partial charge in [-0.3, -0.25) is 4.79 Å². The van der Waals surface area contributed by atoms with Gasteiger partial charge in [-0.05, 0) is 23.8 Å². The molecule has 0 fully saturated rings. The van der Waals surface area contributed by atoms with E-state index in [9.17, 15) is 9.59 Å². The zero-order valence-electron chi connectivity index (χ0n) is 14.0.